The van der Waals surface area contributed by atoms with Crippen LogP contribution in [0.5, 0.6) is 5.88 Å². The number of methoxy groups -OCH3 is 2. The van der Waals surface area contributed by atoms with Gasteiger partial charge in [0.05, 0.1) is 18.9 Å². The molecule has 2 fully saturated rings. The van der Waals surface area contributed by atoms with Gasteiger partial charge in [-0.1, -0.05) is 0 Å². The van der Waals surface area contributed by atoms with E-state index in [1.165, 1.54) is 18.1 Å². The van der Waals surface area contributed by atoms with E-state index in [-0.39, 0.29) is 24.5 Å². The number of hydrogen-bond donors (Lipinski definition) is 1. The normalized spacial score (nSPS) is 23.3. The summed E-state index contributed by atoms with van der Waals surface area (Å²) < 4.78 is 31.2. The molecule has 1 N–H and O–H groups in total. The Hall–Kier alpha value is -2.42. The lowest BCUT2D eigenvalue weighted by Gasteiger charge is -2.28. The quantitative estimate of drug-likeness (QED) is 0.685. The molecule has 184 valence electrons. The van der Waals surface area contributed by atoms with Crippen LogP contribution in [0, 0.1) is 5.82 Å². The molecule has 3 rings (SSSR count). The van der Waals surface area contributed by atoms with Crippen LogP contribution in [-0.2, 0) is 20.8 Å². The standard InChI is InChI=1S/C24H36FN3O5/c1-24(2,3)33-23(30)28-12-6-7-19(28)21(29)26-14-16-13-18(25)20(27-22(16)32-5)15-8-10-17(31-4)11-9-15/h13,15,17,19H,6-12,14H2,1-5H3,(H,26,29)/t15?,17?,19-/m0/s1. The number of halogens is 1. The van der Waals surface area contributed by atoms with Crippen molar-refractivity contribution in [1.82, 2.24) is 15.2 Å². The van der Waals surface area contributed by atoms with Crippen LogP contribution >= 0.6 is 0 Å². The minimum Gasteiger partial charge on any atom is -0.481 e. The molecule has 1 aliphatic carbocycles. The van der Waals surface area contributed by atoms with Gasteiger partial charge >= 0.3 is 6.09 Å². The third-order valence-electron chi connectivity index (χ3n) is 6.27. The van der Waals surface area contributed by atoms with Crippen LogP contribution in [0.1, 0.15) is 76.5 Å². The fourth-order valence-electron chi connectivity index (χ4n) is 4.56. The number of likely N-dealkylation sites (tertiary alicyclic amines) is 1. The second-order valence-electron chi connectivity index (χ2n) is 9.78. The molecular weight excluding hydrogens is 429 g/mol. The van der Waals surface area contributed by atoms with Crippen LogP contribution in [-0.4, -0.2) is 60.4 Å². The molecule has 0 aromatic carbocycles. The molecule has 2 aliphatic rings. The van der Waals surface area contributed by atoms with Crippen molar-refractivity contribution in [2.75, 3.05) is 20.8 Å². The maximum absolute atomic E-state index is 14.9. The summed E-state index contributed by atoms with van der Waals surface area (Å²) in [4.78, 5) is 31.2. The maximum Gasteiger partial charge on any atom is 0.410 e. The minimum atomic E-state index is -0.637. The molecule has 2 heterocycles. The van der Waals surface area contributed by atoms with Gasteiger partial charge in [0.1, 0.15) is 17.5 Å². The first-order chi connectivity index (χ1) is 15.6. The fourth-order valence-corrected chi connectivity index (χ4v) is 4.56. The minimum absolute atomic E-state index is 0.0230. The predicted molar refractivity (Wildman–Crippen MR) is 121 cm³/mol. The summed E-state index contributed by atoms with van der Waals surface area (Å²) in [7, 11) is 3.19. The monoisotopic (exact) mass is 465 g/mol. The largest absolute Gasteiger partial charge is 0.481 e. The van der Waals surface area contributed by atoms with Gasteiger partial charge in [0.2, 0.25) is 11.8 Å². The van der Waals surface area contributed by atoms with Crippen molar-refractivity contribution in [3.05, 3.63) is 23.1 Å². The maximum atomic E-state index is 14.9. The number of rotatable bonds is 6. The highest BCUT2D eigenvalue weighted by Gasteiger charge is 2.36. The van der Waals surface area contributed by atoms with Gasteiger partial charge in [-0.3, -0.25) is 9.69 Å². The SMILES string of the molecule is COc1nc(C2CCC(OC)CC2)c(F)cc1CNC(=O)[C@@H]1CCCN1C(=O)OC(C)(C)C. The highest BCUT2D eigenvalue weighted by atomic mass is 19.1. The lowest BCUT2D eigenvalue weighted by Crippen LogP contribution is -2.47. The van der Waals surface area contributed by atoms with Crippen molar-refractivity contribution in [3.8, 4) is 5.88 Å². The van der Waals surface area contributed by atoms with Gasteiger partial charge in [-0.05, 0) is 65.4 Å². The number of amides is 2. The lowest BCUT2D eigenvalue weighted by molar-refractivity contribution is -0.125. The van der Waals surface area contributed by atoms with Crippen molar-refractivity contribution in [2.45, 2.75) is 89.5 Å². The summed E-state index contributed by atoms with van der Waals surface area (Å²) in [5.74, 6) is -0.370. The third kappa shape index (κ3) is 6.34. The predicted octanol–water partition coefficient (Wildman–Crippen LogP) is 3.92. The molecule has 33 heavy (non-hydrogen) atoms. The average Bonchev–Trinajstić information content (AvgIpc) is 3.27. The molecule has 1 aliphatic heterocycles. The zero-order chi connectivity index (χ0) is 24.2. The van der Waals surface area contributed by atoms with E-state index < -0.39 is 23.6 Å². The van der Waals surface area contributed by atoms with Gasteiger partial charge in [0.15, 0.2) is 0 Å². The Balaban J connectivity index is 1.65. The summed E-state index contributed by atoms with van der Waals surface area (Å²) in [6.45, 7) is 5.89. The number of ether oxygens (including phenoxy) is 3. The van der Waals surface area contributed by atoms with Crippen LogP contribution in [0.2, 0.25) is 0 Å². The van der Waals surface area contributed by atoms with Crippen LogP contribution < -0.4 is 10.1 Å². The Morgan fingerprint density at radius 3 is 2.48 bits per heavy atom. The molecule has 1 saturated carbocycles. The smallest absolute Gasteiger partial charge is 0.410 e. The van der Waals surface area contributed by atoms with E-state index in [1.807, 2.05) is 0 Å². The average molecular weight is 466 g/mol. The number of pyridine rings is 1. The number of carbonyl (C=O) groups excluding carboxylic acids is 2. The van der Waals surface area contributed by atoms with Crippen molar-refractivity contribution in [2.24, 2.45) is 0 Å². The van der Waals surface area contributed by atoms with Crippen molar-refractivity contribution >= 4 is 12.0 Å². The summed E-state index contributed by atoms with van der Waals surface area (Å²) in [6, 6.07) is 0.781. The number of nitrogens with zero attached hydrogens (tertiary/aromatic N) is 2. The number of carbonyl (C=O) groups is 2. The number of hydrogen-bond acceptors (Lipinski definition) is 6. The van der Waals surface area contributed by atoms with Crippen molar-refractivity contribution in [3.63, 3.8) is 0 Å². The molecular formula is C24H36FN3O5. The van der Waals surface area contributed by atoms with E-state index in [1.54, 1.807) is 27.9 Å². The van der Waals surface area contributed by atoms with E-state index in [4.69, 9.17) is 14.2 Å². The van der Waals surface area contributed by atoms with Crippen molar-refractivity contribution in [1.29, 1.82) is 0 Å². The van der Waals surface area contributed by atoms with E-state index in [2.05, 4.69) is 10.3 Å². The molecule has 0 unspecified atom stereocenters. The second kappa shape index (κ2) is 10.7. The number of nitrogens with one attached hydrogen (secondary N) is 1. The molecule has 1 atom stereocenters. The molecule has 0 bridgehead atoms. The van der Waals surface area contributed by atoms with Gasteiger partial charge in [-0.25, -0.2) is 14.2 Å². The van der Waals surface area contributed by atoms with Crippen LogP contribution in [0.15, 0.2) is 6.07 Å². The van der Waals surface area contributed by atoms with Gasteiger partial charge in [-0.15, -0.1) is 0 Å². The Morgan fingerprint density at radius 2 is 1.88 bits per heavy atom. The van der Waals surface area contributed by atoms with Gasteiger partial charge in [0, 0.05) is 31.7 Å². The zero-order valence-corrected chi connectivity index (χ0v) is 20.3. The molecule has 8 nitrogen and oxygen atoms in total. The molecule has 2 amide bonds. The van der Waals surface area contributed by atoms with E-state index >= 15 is 0 Å². The molecule has 0 spiro atoms. The Morgan fingerprint density at radius 1 is 1.18 bits per heavy atom. The van der Waals surface area contributed by atoms with Gasteiger partial charge in [-0.2, -0.15) is 0 Å². The van der Waals surface area contributed by atoms with E-state index in [9.17, 15) is 14.0 Å². The van der Waals surface area contributed by atoms with Crippen molar-refractivity contribution < 1.29 is 28.2 Å². The topological polar surface area (TPSA) is 90.0 Å². The first kappa shape index (κ1) is 25.2. The highest BCUT2D eigenvalue weighted by Crippen LogP contribution is 2.35. The summed E-state index contributed by atoms with van der Waals surface area (Å²) in [5, 5.41) is 2.81. The molecule has 1 saturated heterocycles. The first-order valence-corrected chi connectivity index (χ1v) is 11.7. The summed E-state index contributed by atoms with van der Waals surface area (Å²) in [5.41, 5.74) is 0.227. The van der Waals surface area contributed by atoms with E-state index in [0.717, 1.165) is 32.1 Å². The summed E-state index contributed by atoms with van der Waals surface area (Å²) in [6.07, 6.45) is 4.35. The highest BCUT2D eigenvalue weighted by molar-refractivity contribution is 5.86. The molecule has 1 aromatic rings. The summed E-state index contributed by atoms with van der Waals surface area (Å²) >= 11 is 0. The molecule has 1 aromatic heterocycles. The van der Waals surface area contributed by atoms with Gasteiger partial charge in [0.25, 0.3) is 0 Å². The molecule has 9 heteroatoms. The molecule has 0 radical (unpaired) electrons. The Kier molecular flexibility index (Phi) is 8.15. The Bertz CT molecular complexity index is 849. The lowest BCUT2D eigenvalue weighted by atomic mass is 9.84. The van der Waals surface area contributed by atoms with Gasteiger partial charge < -0.3 is 19.5 Å². The fraction of sp³-hybridized carbons (Fsp3) is 0.708. The first-order valence-electron chi connectivity index (χ1n) is 11.7. The second-order valence-corrected chi connectivity index (χ2v) is 9.78. The van der Waals surface area contributed by atoms with Crippen LogP contribution in [0.3, 0.4) is 0 Å². The van der Waals surface area contributed by atoms with Crippen LogP contribution in [0.4, 0.5) is 9.18 Å². The Labute approximate surface area is 195 Å². The number of aromatic nitrogens is 1. The zero-order valence-electron chi connectivity index (χ0n) is 20.3. The van der Waals surface area contributed by atoms with Crippen LogP contribution in [0.25, 0.3) is 0 Å². The van der Waals surface area contributed by atoms with E-state index in [0.29, 0.717) is 30.1 Å². The third-order valence-corrected chi connectivity index (χ3v) is 6.27.